The van der Waals surface area contributed by atoms with Crippen molar-refractivity contribution in [2.24, 2.45) is 0 Å². The molecule has 1 N–H and O–H groups in total. The lowest BCUT2D eigenvalue weighted by atomic mass is 10.7. The number of rotatable bonds is 7. The molecule has 0 fully saturated rings. The molecule has 0 heterocycles. The molecule has 0 aromatic carbocycles. The average Bonchev–Trinajstić information content (AvgIpc) is 2.02. The summed E-state index contributed by atoms with van der Waals surface area (Å²) < 4.78 is 9.36. The van der Waals surface area contributed by atoms with Crippen LogP contribution in [0.15, 0.2) is 0 Å². The first-order valence-corrected chi connectivity index (χ1v) is 4.72. The van der Waals surface area contributed by atoms with Gasteiger partial charge >= 0.3 is 0 Å². The van der Waals surface area contributed by atoms with E-state index >= 15 is 0 Å². The van der Waals surface area contributed by atoms with Crippen molar-refractivity contribution in [3.63, 3.8) is 0 Å². The van der Waals surface area contributed by atoms with Crippen LogP contribution >= 0.6 is 11.8 Å². The van der Waals surface area contributed by atoms with Crippen LogP contribution in [0.3, 0.4) is 0 Å². The van der Waals surface area contributed by atoms with Crippen molar-refractivity contribution in [2.75, 3.05) is 40.2 Å². The van der Waals surface area contributed by atoms with Crippen LogP contribution in [0.5, 0.6) is 0 Å². The van der Waals surface area contributed by atoms with Gasteiger partial charge in [0.25, 0.3) is 0 Å². The molecule has 0 spiro atoms. The number of carbonyl (C=O) groups excluding carboxylic acids is 1. The Kier molecular flexibility index (Phi) is 8.37. The minimum Gasteiger partial charge on any atom is -0.371 e. The van der Waals surface area contributed by atoms with E-state index in [1.54, 1.807) is 4.90 Å². The van der Waals surface area contributed by atoms with Gasteiger partial charge in [-0.05, 0) is 14.1 Å². The van der Waals surface area contributed by atoms with E-state index in [0.717, 1.165) is 11.8 Å². The maximum absolute atomic E-state index is 11.0. The van der Waals surface area contributed by atoms with Crippen LogP contribution in [0.2, 0.25) is 0 Å². The summed E-state index contributed by atoms with van der Waals surface area (Å²) in [6, 6.07) is 0. The van der Waals surface area contributed by atoms with Gasteiger partial charge in [-0.3, -0.25) is 4.79 Å². The van der Waals surface area contributed by atoms with Gasteiger partial charge in [-0.2, -0.15) is 0 Å². The zero-order chi connectivity index (χ0) is 10.1. The number of hydrogen-bond donors (Lipinski definition) is 1. The molecule has 0 aromatic heterocycles. The monoisotopic (exact) mass is 209 g/mol. The third-order valence-electron chi connectivity index (χ3n) is 1.01. The van der Waals surface area contributed by atoms with E-state index in [4.69, 9.17) is 9.84 Å². The van der Waals surface area contributed by atoms with Crippen molar-refractivity contribution >= 4 is 16.9 Å². The second kappa shape index (κ2) is 8.46. The summed E-state index contributed by atoms with van der Waals surface area (Å²) in [6.07, 6.45) is 0. The van der Waals surface area contributed by atoms with E-state index < -0.39 is 0 Å². The van der Waals surface area contributed by atoms with Gasteiger partial charge in [0.2, 0.25) is 5.12 Å². The molecule has 13 heavy (non-hydrogen) atoms. The number of carbonyl (C=O) groups is 1. The summed E-state index contributed by atoms with van der Waals surface area (Å²) in [5, 5.41) is 8.26. The van der Waals surface area contributed by atoms with Crippen molar-refractivity contribution in [3.05, 3.63) is 0 Å². The van der Waals surface area contributed by atoms with Crippen molar-refractivity contribution in [1.82, 2.24) is 4.90 Å². The predicted molar refractivity (Wildman–Crippen MR) is 50.1 cm³/mol. The largest absolute Gasteiger partial charge is 0.371 e. The average molecular weight is 209 g/mol. The minimum atomic E-state index is -0.365. The molecule has 0 rings (SSSR count). The van der Waals surface area contributed by atoms with E-state index in [1.807, 2.05) is 14.1 Å². The first-order valence-electron chi connectivity index (χ1n) is 3.73. The van der Waals surface area contributed by atoms with Gasteiger partial charge < -0.3 is 19.5 Å². The normalized spacial score (nSPS) is 10.8. The SMILES string of the molecule is CN(C)CC(=O)SCOCOCO. The molecule has 0 atom stereocenters. The quantitative estimate of drug-likeness (QED) is 0.459. The van der Waals surface area contributed by atoms with Crippen LogP contribution in [0, 0.1) is 0 Å². The maximum atomic E-state index is 11.0. The Hall–Kier alpha value is -0.140. The molecule has 0 aromatic rings. The number of aliphatic hydroxyl groups excluding tert-OH is 1. The van der Waals surface area contributed by atoms with Crippen LogP contribution in [0.25, 0.3) is 0 Å². The predicted octanol–water partition coefficient (Wildman–Crippen LogP) is -0.294. The molecule has 0 aliphatic heterocycles. The molecule has 6 heteroatoms. The lowest BCUT2D eigenvalue weighted by Gasteiger charge is -2.07. The third kappa shape index (κ3) is 9.78. The summed E-state index contributed by atoms with van der Waals surface area (Å²) in [7, 11) is 3.66. The minimum absolute atomic E-state index is 0.0126. The van der Waals surface area contributed by atoms with Gasteiger partial charge in [-0.1, -0.05) is 11.8 Å². The molecule has 0 amide bonds. The zero-order valence-corrected chi connectivity index (χ0v) is 8.67. The zero-order valence-electron chi connectivity index (χ0n) is 7.86. The van der Waals surface area contributed by atoms with Gasteiger partial charge in [0.15, 0.2) is 6.79 Å². The summed E-state index contributed by atoms with van der Waals surface area (Å²) in [4.78, 5) is 12.8. The standard InChI is InChI=1S/C7H15NO4S/c1-8(2)3-7(10)13-6-12-5-11-4-9/h9H,3-6H2,1-2H3. The highest BCUT2D eigenvalue weighted by Crippen LogP contribution is 2.02. The van der Waals surface area contributed by atoms with Gasteiger partial charge in [0, 0.05) is 0 Å². The first kappa shape index (κ1) is 12.9. The highest BCUT2D eigenvalue weighted by molar-refractivity contribution is 8.13. The Bertz CT molecular complexity index is 142. The fourth-order valence-corrected chi connectivity index (χ4v) is 1.17. The number of nitrogens with zero attached hydrogens (tertiary/aromatic N) is 1. The molecule has 0 radical (unpaired) electrons. The number of thioether (sulfide) groups is 1. The highest BCUT2D eigenvalue weighted by atomic mass is 32.2. The molecule has 0 aliphatic carbocycles. The second-order valence-corrected chi connectivity index (χ2v) is 3.51. The van der Waals surface area contributed by atoms with E-state index in [-0.39, 0.29) is 24.6 Å². The van der Waals surface area contributed by atoms with E-state index in [0.29, 0.717) is 6.54 Å². The Balaban J connectivity index is 3.17. The molecule has 0 bridgehead atoms. The summed E-state index contributed by atoms with van der Waals surface area (Å²) in [5.74, 6) is 0.257. The Labute approximate surface area is 82.0 Å². The third-order valence-corrected chi connectivity index (χ3v) is 1.74. The molecule has 5 nitrogen and oxygen atoms in total. The topological polar surface area (TPSA) is 59.0 Å². The lowest BCUT2D eigenvalue weighted by molar-refractivity contribution is -0.112. The first-order chi connectivity index (χ1) is 6.16. The lowest BCUT2D eigenvalue weighted by Crippen LogP contribution is -2.19. The number of hydrogen-bond acceptors (Lipinski definition) is 6. The van der Waals surface area contributed by atoms with E-state index in [2.05, 4.69) is 4.74 Å². The Morgan fingerprint density at radius 1 is 1.46 bits per heavy atom. The number of ether oxygens (including phenoxy) is 2. The molecule has 0 saturated heterocycles. The van der Waals surface area contributed by atoms with Gasteiger partial charge in [-0.15, -0.1) is 0 Å². The Morgan fingerprint density at radius 2 is 2.15 bits per heavy atom. The number of aliphatic hydroxyl groups is 1. The summed E-state index contributed by atoms with van der Waals surface area (Å²) in [5.41, 5.74) is 0. The fourth-order valence-electron chi connectivity index (χ4n) is 0.541. The van der Waals surface area contributed by atoms with Gasteiger partial charge in [0.05, 0.1) is 6.54 Å². The van der Waals surface area contributed by atoms with Gasteiger partial charge in [-0.25, -0.2) is 0 Å². The van der Waals surface area contributed by atoms with Crippen molar-refractivity contribution in [1.29, 1.82) is 0 Å². The van der Waals surface area contributed by atoms with Crippen LogP contribution in [0.1, 0.15) is 0 Å². The Morgan fingerprint density at radius 3 is 2.69 bits per heavy atom. The van der Waals surface area contributed by atoms with Crippen LogP contribution in [0.4, 0.5) is 0 Å². The molecule has 0 aliphatic rings. The maximum Gasteiger partial charge on any atom is 0.205 e. The van der Waals surface area contributed by atoms with Crippen molar-refractivity contribution < 1.29 is 19.4 Å². The molecule has 0 saturated carbocycles. The van der Waals surface area contributed by atoms with E-state index in [9.17, 15) is 4.79 Å². The molecule has 0 unspecified atom stereocenters. The smallest absolute Gasteiger partial charge is 0.205 e. The fraction of sp³-hybridized carbons (Fsp3) is 0.857. The molecular formula is C7H15NO4S. The second-order valence-electron chi connectivity index (χ2n) is 2.53. The number of likely N-dealkylation sites (N-methyl/N-ethyl adjacent to an activating group) is 1. The van der Waals surface area contributed by atoms with E-state index in [1.165, 1.54) is 0 Å². The molecular weight excluding hydrogens is 194 g/mol. The molecule has 78 valence electrons. The van der Waals surface area contributed by atoms with Gasteiger partial charge in [0.1, 0.15) is 12.7 Å². The van der Waals surface area contributed by atoms with Crippen LogP contribution in [-0.2, 0) is 14.3 Å². The summed E-state index contributed by atoms with van der Waals surface area (Å²) in [6.45, 7) is 0.0456. The van der Waals surface area contributed by atoms with Crippen molar-refractivity contribution in [2.45, 2.75) is 0 Å². The summed E-state index contributed by atoms with van der Waals surface area (Å²) >= 11 is 1.09. The van der Waals surface area contributed by atoms with Crippen molar-refractivity contribution in [3.8, 4) is 0 Å². The highest BCUT2D eigenvalue weighted by Gasteiger charge is 2.03. The van der Waals surface area contributed by atoms with Crippen LogP contribution in [-0.4, -0.2) is 55.3 Å². The van der Waals surface area contributed by atoms with Crippen LogP contribution < -0.4 is 0 Å².